The Labute approximate surface area is 156 Å². The zero-order valence-corrected chi connectivity index (χ0v) is 14.7. The van der Waals surface area contributed by atoms with E-state index >= 15 is 0 Å². The highest BCUT2D eigenvalue weighted by molar-refractivity contribution is 7.21. The highest BCUT2D eigenvalue weighted by Crippen LogP contribution is 2.36. The van der Waals surface area contributed by atoms with Gasteiger partial charge in [-0.05, 0) is 18.2 Å². The highest BCUT2D eigenvalue weighted by Gasteiger charge is 2.20. The molecular weight excluding hydrogens is 374 g/mol. The van der Waals surface area contributed by atoms with Crippen LogP contribution in [0.5, 0.6) is 17.2 Å². The summed E-state index contributed by atoms with van der Waals surface area (Å²) in [5.74, 6) is -1.26. The summed E-state index contributed by atoms with van der Waals surface area (Å²) < 4.78 is 5.69. The monoisotopic (exact) mass is 387 g/mol. The summed E-state index contributed by atoms with van der Waals surface area (Å²) >= 11 is 1.10. The summed E-state index contributed by atoms with van der Waals surface area (Å²) in [6, 6.07) is 9.39. The molecule has 138 valence electrons. The van der Waals surface area contributed by atoms with Gasteiger partial charge in [-0.25, -0.2) is 5.43 Å². The first-order valence-corrected chi connectivity index (χ1v) is 8.33. The maximum atomic E-state index is 12.2. The maximum absolute atomic E-state index is 12.2. The number of aromatic hydroxyl groups is 2. The first-order chi connectivity index (χ1) is 12.9. The molecule has 0 spiro atoms. The van der Waals surface area contributed by atoms with Crippen molar-refractivity contribution in [1.29, 1.82) is 0 Å². The van der Waals surface area contributed by atoms with Crippen LogP contribution in [0.15, 0.2) is 41.5 Å². The number of rotatable bonds is 5. The number of nitrogens with zero attached hydrogens (tertiary/aromatic N) is 2. The Hall–Kier alpha value is -3.66. The Morgan fingerprint density at radius 1 is 1.30 bits per heavy atom. The fourth-order valence-electron chi connectivity index (χ4n) is 2.37. The minimum Gasteiger partial charge on any atom is -0.506 e. The van der Waals surface area contributed by atoms with Gasteiger partial charge in [0.15, 0.2) is 0 Å². The standard InChI is InChI=1S/C17H13N3O6S/c1-26-10-6-9(14(21)12(7-10)20(24)25)8-18-19-17(23)16-15(22)11-4-2-3-5-13(11)27-16/h2-8,21-22H,1H3,(H,19,23). The molecule has 3 N–H and O–H groups in total. The van der Waals surface area contributed by atoms with Crippen LogP contribution in [0.1, 0.15) is 15.2 Å². The lowest BCUT2D eigenvalue weighted by molar-refractivity contribution is -0.385. The van der Waals surface area contributed by atoms with E-state index in [2.05, 4.69) is 10.5 Å². The summed E-state index contributed by atoms with van der Waals surface area (Å²) in [7, 11) is 1.32. The number of methoxy groups -OCH3 is 1. The number of nitro groups is 1. The molecule has 0 bridgehead atoms. The van der Waals surface area contributed by atoms with Gasteiger partial charge in [0.05, 0.1) is 24.3 Å². The molecule has 0 aliphatic carbocycles. The SMILES string of the molecule is COc1cc(C=NNC(=O)c2sc3ccccc3c2O)c(O)c([N+](=O)[O-])c1. The molecule has 3 rings (SSSR count). The van der Waals surface area contributed by atoms with Gasteiger partial charge in [0.25, 0.3) is 5.91 Å². The van der Waals surface area contributed by atoms with Crippen molar-refractivity contribution in [1.82, 2.24) is 5.43 Å². The molecule has 2 aromatic carbocycles. The molecule has 0 unspecified atom stereocenters. The van der Waals surface area contributed by atoms with Crippen LogP contribution < -0.4 is 10.2 Å². The van der Waals surface area contributed by atoms with Crippen LogP contribution in [0.2, 0.25) is 0 Å². The number of fused-ring (bicyclic) bond motifs is 1. The van der Waals surface area contributed by atoms with Gasteiger partial charge in [-0.1, -0.05) is 12.1 Å². The molecule has 0 aliphatic heterocycles. The van der Waals surface area contributed by atoms with Crippen molar-refractivity contribution in [3.63, 3.8) is 0 Å². The van der Waals surface area contributed by atoms with Crippen LogP contribution >= 0.6 is 11.3 Å². The number of hydrogen-bond donors (Lipinski definition) is 3. The highest BCUT2D eigenvalue weighted by atomic mass is 32.1. The lowest BCUT2D eigenvalue weighted by Gasteiger charge is -2.04. The van der Waals surface area contributed by atoms with Crippen LogP contribution in [0.4, 0.5) is 5.69 Å². The van der Waals surface area contributed by atoms with Gasteiger partial charge in [-0.3, -0.25) is 14.9 Å². The van der Waals surface area contributed by atoms with Crippen molar-refractivity contribution in [3.05, 3.63) is 57.0 Å². The number of thiophene rings is 1. The Kier molecular flexibility index (Phi) is 4.90. The van der Waals surface area contributed by atoms with E-state index in [1.807, 2.05) is 0 Å². The van der Waals surface area contributed by atoms with Crippen molar-refractivity contribution in [2.75, 3.05) is 7.11 Å². The second kappa shape index (κ2) is 7.30. The Bertz CT molecular complexity index is 1080. The summed E-state index contributed by atoms with van der Waals surface area (Å²) in [4.78, 5) is 22.5. The summed E-state index contributed by atoms with van der Waals surface area (Å²) in [6.45, 7) is 0. The number of carbonyl (C=O) groups excluding carboxylic acids is 1. The van der Waals surface area contributed by atoms with E-state index in [-0.39, 0.29) is 21.9 Å². The molecule has 0 fully saturated rings. The van der Waals surface area contributed by atoms with E-state index in [1.165, 1.54) is 13.2 Å². The smallest absolute Gasteiger partial charge is 0.315 e. The maximum Gasteiger partial charge on any atom is 0.315 e. The normalized spacial score (nSPS) is 11.0. The lowest BCUT2D eigenvalue weighted by Crippen LogP contribution is -2.16. The van der Waals surface area contributed by atoms with E-state index in [0.29, 0.717) is 5.39 Å². The van der Waals surface area contributed by atoms with E-state index in [1.54, 1.807) is 24.3 Å². The lowest BCUT2D eigenvalue weighted by atomic mass is 10.1. The number of nitro benzene ring substituents is 1. The van der Waals surface area contributed by atoms with Crippen molar-refractivity contribution < 1.29 is 24.7 Å². The van der Waals surface area contributed by atoms with Gasteiger partial charge in [0.2, 0.25) is 5.75 Å². The molecule has 0 saturated carbocycles. The van der Waals surface area contributed by atoms with Crippen LogP contribution in [0.25, 0.3) is 10.1 Å². The average molecular weight is 387 g/mol. The second-order valence-corrected chi connectivity index (χ2v) is 6.37. The molecular formula is C17H13N3O6S. The number of benzene rings is 2. The average Bonchev–Trinajstić information content (AvgIpc) is 3.00. The second-order valence-electron chi connectivity index (χ2n) is 5.32. The van der Waals surface area contributed by atoms with E-state index in [0.717, 1.165) is 28.3 Å². The van der Waals surface area contributed by atoms with Gasteiger partial charge < -0.3 is 14.9 Å². The third-order valence-corrected chi connectivity index (χ3v) is 4.83. The predicted molar refractivity (Wildman–Crippen MR) is 99.9 cm³/mol. The molecule has 0 atom stereocenters. The van der Waals surface area contributed by atoms with Crippen molar-refractivity contribution >= 4 is 39.2 Å². The van der Waals surface area contributed by atoms with E-state index in [4.69, 9.17) is 4.74 Å². The quantitative estimate of drug-likeness (QED) is 0.350. The van der Waals surface area contributed by atoms with Gasteiger partial charge in [-0.2, -0.15) is 5.10 Å². The van der Waals surface area contributed by atoms with E-state index < -0.39 is 22.3 Å². The minimum atomic E-state index is -0.761. The van der Waals surface area contributed by atoms with Crippen molar-refractivity contribution in [3.8, 4) is 17.2 Å². The minimum absolute atomic E-state index is 0.0121. The molecule has 1 amide bonds. The van der Waals surface area contributed by atoms with Crippen molar-refractivity contribution in [2.24, 2.45) is 5.10 Å². The van der Waals surface area contributed by atoms with Crippen molar-refractivity contribution in [2.45, 2.75) is 0 Å². The number of phenolic OH excluding ortho intramolecular Hbond substituents is 1. The van der Waals surface area contributed by atoms with Gasteiger partial charge in [0.1, 0.15) is 16.4 Å². The van der Waals surface area contributed by atoms with Gasteiger partial charge in [-0.15, -0.1) is 11.3 Å². The number of carbonyl (C=O) groups is 1. The molecule has 27 heavy (non-hydrogen) atoms. The summed E-state index contributed by atoms with van der Waals surface area (Å²) in [5, 5.41) is 35.3. The molecule has 1 heterocycles. The number of phenols is 1. The zero-order chi connectivity index (χ0) is 19.6. The fraction of sp³-hybridized carbons (Fsp3) is 0.0588. The Morgan fingerprint density at radius 3 is 2.70 bits per heavy atom. The predicted octanol–water partition coefficient (Wildman–Crippen LogP) is 2.99. The Balaban J connectivity index is 1.84. The van der Waals surface area contributed by atoms with Gasteiger partial charge in [0, 0.05) is 15.6 Å². The summed E-state index contributed by atoms with van der Waals surface area (Å²) in [5.41, 5.74) is 1.66. The molecule has 10 heteroatoms. The third-order valence-electron chi connectivity index (χ3n) is 3.67. The van der Waals surface area contributed by atoms with Crippen LogP contribution in [0, 0.1) is 10.1 Å². The number of amides is 1. The Morgan fingerprint density at radius 2 is 2.04 bits per heavy atom. The molecule has 9 nitrogen and oxygen atoms in total. The third kappa shape index (κ3) is 3.51. The number of nitrogens with one attached hydrogen (secondary N) is 1. The fourth-order valence-corrected chi connectivity index (χ4v) is 3.35. The van der Waals surface area contributed by atoms with Crippen LogP contribution in [-0.2, 0) is 0 Å². The number of hydrogen-bond acceptors (Lipinski definition) is 8. The molecule has 0 radical (unpaired) electrons. The summed E-state index contributed by atoms with van der Waals surface area (Å²) in [6.07, 6.45) is 1.05. The molecule has 0 saturated heterocycles. The molecule has 0 aliphatic rings. The molecule has 3 aromatic rings. The first-order valence-electron chi connectivity index (χ1n) is 7.51. The number of ether oxygens (including phenoxy) is 1. The largest absolute Gasteiger partial charge is 0.506 e. The first kappa shape index (κ1) is 18.1. The molecule has 1 aromatic heterocycles. The number of hydrazone groups is 1. The van der Waals surface area contributed by atoms with Gasteiger partial charge >= 0.3 is 5.69 Å². The van der Waals surface area contributed by atoms with E-state index in [9.17, 15) is 25.1 Å². The van der Waals surface area contributed by atoms with Crippen LogP contribution in [-0.4, -0.2) is 34.4 Å². The topological polar surface area (TPSA) is 134 Å². The van der Waals surface area contributed by atoms with Crippen LogP contribution in [0.3, 0.4) is 0 Å². The zero-order valence-electron chi connectivity index (χ0n) is 13.9.